The second-order valence-corrected chi connectivity index (χ2v) is 5.86. The molecule has 0 radical (unpaired) electrons. The van der Waals surface area contributed by atoms with Crippen LogP contribution in [0.5, 0.6) is 0 Å². The van der Waals surface area contributed by atoms with Gasteiger partial charge in [0.15, 0.2) is 0 Å². The predicted molar refractivity (Wildman–Crippen MR) is 81.9 cm³/mol. The second kappa shape index (κ2) is 6.52. The Morgan fingerprint density at radius 2 is 1.84 bits per heavy atom. The van der Waals surface area contributed by atoms with E-state index in [-0.39, 0.29) is 0 Å². The van der Waals surface area contributed by atoms with Crippen LogP contribution in [0.2, 0.25) is 0 Å². The van der Waals surface area contributed by atoms with Crippen molar-refractivity contribution in [2.75, 3.05) is 17.2 Å². The normalized spacial score (nSPS) is 10.5. The third kappa shape index (κ3) is 3.67. The lowest BCUT2D eigenvalue weighted by Gasteiger charge is -2.11. The van der Waals surface area contributed by atoms with Crippen molar-refractivity contribution >= 4 is 23.0 Å². The summed E-state index contributed by atoms with van der Waals surface area (Å²) in [6.07, 6.45) is 2.69. The van der Waals surface area contributed by atoms with Crippen molar-refractivity contribution in [3.63, 3.8) is 0 Å². The summed E-state index contributed by atoms with van der Waals surface area (Å²) in [5.74, 6) is 1.82. The van der Waals surface area contributed by atoms with Crippen LogP contribution in [0.4, 0.5) is 11.6 Å². The first kappa shape index (κ1) is 13.8. The van der Waals surface area contributed by atoms with Gasteiger partial charge in [0.1, 0.15) is 18.0 Å². The van der Waals surface area contributed by atoms with Gasteiger partial charge in [-0.05, 0) is 32.4 Å². The molecule has 0 unspecified atom stereocenters. The van der Waals surface area contributed by atoms with Gasteiger partial charge in [-0.3, -0.25) is 0 Å². The maximum Gasteiger partial charge on any atom is 0.134 e. The smallest absolute Gasteiger partial charge is 0.134 e. The van der Waals surface area contributed by atoms with Gasteiger partial charge >= 0.3 is 0 Å². The molecule has 0 saturated heterocycles. The Balaban J connectivity index is 2.03. The molecule has 5 heteroatoms. The fourth-order valence-electron chi connectivity index (χ4n) is 1.80. The van der Waals surface area contributed by atoms with Gasteiger partial charge in [-0.15, -0.1) is 11.3 Å². The molecule has 0 fully saturated rings. The molecule has 2 heterocycles. The molecule has 0 aliphatic rings. The van der Waals surface area contributed by atoms with E-state index in [0.29, 0.717) is 0 Å². The van der Waals surface area contributed by atoms with Crippen molar-refractivity contribution in [3.05, 3.63) is 33.8 Å². The molecule has 2 aromatic heterocycles. The molecule has 0 aromatic carbocycles. The average molecular weight is 276 g/mol. The second-order valence-electron chi connectivity index (χ2n) is 4.49. The lowest BCUT2D eigenvalue weighted by atomic mass is 10.3. The summed E-state index contributed by atoms with van der Waals surface area (Å²) in [5.41, 5.74) is 1.07. The first-order valence-electron chi connectivity index (χ1n) is 6.55. The average Bonchev–Trinajstić information content (AvgIpc) is 2.82. The van der Waals surface area contributed by atoms with Gasteiger partial charge in [0, 0.05) is 21.9 Å². The van der Waals surface area contributed by atoms with E-state index >= 15 is 0 Å². The zero-order valence-corrected chi connectivity index (χ0v) is 12.5. The van der Waals surface area contributed by atoms with Crippen molar-refractivity contribution < 1.29 is 0 Å². The highest BCUT2D eigenvalue weighted by atomic mass is 32.1. The summed E-state index contributed by atoms with van der Waals surface area (Å²) in [4.78, 5) is 11.2. The van der Waals surface area contributed by atoms with Crippen LogP contribution in [0, 0.1) is 13.8 Å². The van der Waals surface area contributed by atoms with Gasteiger partial charge in [-0.2, -0.15) is 0 Å². The van der Waals surface area contributed by atoms with Gasteiger partial charge in [0.05, 0.1) is 6.54 Å². The van der Waals surface area contributed by atoms with E-state index in [4.69, 9.17) is 0 Å². The molecule has 2 rings (SSSR count). The quantitative estimate of drug-likeness (QED) is 0.846. The summed E-state index contributed by atoms with van der Waals surface area (Å²) >= 11 is 1.81. The van der Waals surface area contributed by atoms with E-state index in [9.17, 15) is 0 Å². The summed E-state index contributed by atoms with van der Waals surface area (Å²) in [6.45, 7) is 8.05. The number of hydrogen-bond acceptors (Lipinski definition) is 5. The summed E-state index contributed by atoms with van der Waals surface area (Å²) in [5, 5.41) is 6.70. The van der Waals surface area contributed by atoms with Gasteiger partial charge in [-0.25, -0.2) is 9.97 Å². The summed E-state index contributed by atoms with van der Waals surface area (Å²) < 4.78 is 0. The van der Waals surface area contributed by atoms with Crippen molar-refractivity contribution in [1.82, 2.24) is 9.97 Å². The molecular formula is C14H20N4S. The Kier molecular flexibility index (Phi) is 4.74. The minimum atomic E-state index is 0.809. The Labute approximate surface area is 118 Å². The van der Waals surface area contributed by atoms with Gasteiger partial charge in [0.25, 0.3) is 0 Å². The van der Waals surface area contributed by atoms with E-state index in [2.05, 4.69) is 46.6 Å². The summed E-state index contributed by atoms with van der Waals surface area (Å²) in [7, 11) is 0. The Hall–Kier alpha value is -1.62. The van der Waals surface area contributed by atoms with Crippen LogP contribution >= 0.6 is 11.3 Å². The minimum absolute atomic E-state index is 0.809. The molecular weight excluding hydrogens is 256 g/mol. The first-order valence-corrected chi connectivity index (χ1v) is 7.37. The molecule has 0 amide bonds. The zero-order valence-electron chi connectivity index (χ0n) is 11.7. The lowest BCUT2D eigenvalue weighted by molar-refractivity contribution is 0.957. The number of aryl methyl sites for hydroxylation is 1. The fraction of sp³-hybridized carbons (Fsp3) is 0.429. The van der Waals surface area contributed by atoms with Crippen LogP contribution in [0.25, 0.3) is 0 Å². The molecule has 19 heavy (non-hydrogen) atoms. The molecule has 0 bridgehead atoms. The first-order chi connectivity index (χ1) is 9.20. The number of rotatable bonds is 6. The lowest BCUT2D eigenvalue weighted by Crippen LogP contribution is -2.08. The van der Waals surface area contributed by atoms with Crippen molar-refractivity contribution in [1.29, 1.82) is 0 Å². The Morgan fingerprint density at radius 1 is 1.11 bits per heavy atom. The fourth-order valence-corrected chi connectivity index (χ4v) is 2.63. The van der Waals surface area contributed by atoms with E-state index < -0.39 is 0 Å². The highest BCUT2D eigenvalue weighted by Crippen LogP contribution is 2.20. The van der Waals surface area contributed by atoms with Gasteiger partial charge in [0.2, 0.25) is 0 Å². The predicted octanol–water partition coefficient (Wildman–Crippen LogP) is 3.59. The van der Waals surface area contributed by atoms with Crippen LogP contribution < -0.4 is 10.6 Å². The number of hydrogen-bond donors (Lipinski definition) is 2. The molecule has 0 saturated carbocycles. The van der Waals surface area contributed by atoms with Gasteiger partial charge < -0.3 is 10.6 Å². The summed E-state index contributed by atoms with van der Waals surface area (Å²) in [6, 6.07) is 4.29. The molecule has 0 aliphatic heterocycles. The Bertz CT molecular complexity index is 536. The van der Waals surface area contributed by atoms with Crippen LogP contribution in [0.1, 0.15) is 28.7 Å². The highest BCUT2D eigenvalue weighted by Gasteiger charge is 2.06. The molecule has 102 valence electrons. The van der Waals surface area contributed by atoms with Crippen molar-refractivity contribution in [3.8, 4) is 0 Å². The number of anilines is 2. The largest absolute Gasteiger partial charge is 0.370 e. The third-order valence-electron chi connectivity index (χ3n) is 2.85. The SMILES string of the molecule is CCCNc1ncnc(NCc2ccc(C)s2)c1C. The van der Waals surface area contributed by atoms with Crippen LogP contribution in [0.15, 0.2) is 18.5 Å². The van der Waals surface area contributed by atoms with Crippen molar-refractivity contribution in [2.24, 2.45) is 0 Å². The number of nitrogens with zero attached hydrogens (tertiary/aromatic N) is 2. The minimum Gasteiger partial charge on any atom is -0.370 e. The van der Waals surface area contributed by atoms with E-state index in [1.807, 2.05) is 18.3 Å². The Morgan fingerprint density at radius 3 is 2.47 bits per heavy atom. The maximum atomic E-state index is 4.31. The van der Waals surface area contributed by atoms with Gasteiger partial charge in [-0.1, -0.05) is 6.92 Å². The van der Waals surface area contributed by atoms with E-state index in [1.165, 1.54) is 9.75 Å². The van der Waals surface area contributed by atoms with E-state index in [0.717, 1.165) is 36.7 Å². The molecule has 0 spiro atoms. The van der Waals surface area contributed by atoms with Crippen molar-refractivity contribution in [2.45, 2.75) is 33.7 Å². The molecule has 2 aromatic rings. The highest BCUT2D eigenvalue weighted by molar-refractivity contribution is 7.11. The molecule has 0 aliphatic carbocycles. The molecule has 4 nitrogen and oxygen atoms in total. The topological polar surface area (TPSA) is 49.8 Å². The van der Waals surface area contributed by atoms with Crippen LogP contribution in [-0.2, 0) is 6.54 Å². The van der Waals surface area contributed by atoms with Crippen LogP contribution in [-0.4, -0.2) is 16.5 Å². The zero-order chi connectivity index (χ0) is 13.7. The molecule has 0 atom stereocenters. The monoisotopic (exact) mass is 276 g/mol. The van der Waals surface area contributed by atoms with Crippen LogP contribution in [0.3, 0.4) is 0 Å². The number of nitrogens with one attached hydrogen (secondary N) is 2. The standard InChI is InChI=1S/C14H20N4S/c1-4-7-15-13-11(3)14(18-9-17-13)16-8-12-6-5-10(2)19-12/h5-6,9H,4,7-8H2,1-3H3,(H2,15,16,17,18). The number of thiophene rings is 1. The third-order valence-corrected chi connectivity index (χ3v) is 3.85. The maximum absolute atomic E-state index is 4.31. The number of aromatic nitrogens is 2. The van der Waals surface area contributed by atoms with E-state index in [1.54, 1.807) is 6.33 Å². The molecule has 2 N–H and O–H groups in total.